The van der Waals surface area contributed by atoms with Crippen molar-refractivity contribution in [2.75, 3.05) is 46.3 Å². The maximum Gasteiger partial charge on any atom is 0.0110 e. The Kier molecular flexibility index (Phi) is 3.19. The van der Waals surface area contributed by atoms with E-state index < -0.39 is 0 Å². The Morgan fingerprint density at radius 3 is 2.46 bits per heavy atom. The molecule has 1 aliphatic heterocycles. The minimum atomic E-state index is 0.868. The molecule has 2 fully saturated rings. The van der Waals surface area contributed by atoms with Crippen molar-refractivity contribution in [1.82, 2.24) is 15.1 Å². The lowest BCUT2D eigenvalue weighted by Crippen LogP contribution is -2.46. The van der Waals surface area contributed by atoms with Crippen LogP contribution in [0.1, 0.15) is 12.8 Å². The number of hydrogen-bond acceptors (Lipinski definition) is 3. The summed E-state index contributed by atoms with van der Waals surface area (Å²) in [6.07, 6.45) is 2.81. The second kappa shape index (κ2) is 4.40. The molecule has 1 N–H and O–H groups in total. The zero-order valence-corrected chi connectivity index (χ0v) is 8.63. The summed E-state index contributed by atoms with van der Waals surface area (Å²) >= 11 is 0. The fourth-order valence-corrected chi connectivity index (χ4v) is 1.79. The summed E-state index contributed by atoms with van der Waals surface area (Å²) in [5, 5.41) is 3.56. The van der Waals surface area contributed by atoms with Crippen LogP contribution in [0.5, 0.6) is 0 Å². The van der Waals surface area contributed by atoms with E-state index in [1.165, 1.54) is 52.1 Å². The first-order valence-corrected chi connectivity index (χ1v) is 5.49. The summed E-state index contributed by atoms with van der Waals surface area (Å²) < 4.78 is 0. The van der Waals surface area contributed by atoms with Crippen molar-refractivity contribution in [3.63, 3.8) is 0 Å². The van der Waals surface area contributed by atoms with E-state index in [1.807, 2.05) is 0 Å². The fraction of sp³-hybridized carbons (Fsp3) is 1.00. The molecule has 3 heteroatoms. The Labute approximate surface area is 81.1 Å². The quantitative estimate of drug-likeness (QED) is 0.661. The van der Waals surface area contributed by atoms with Crippen molar-refractivity contribution in [2.24, 2.45) is 0 Å². The van der Waals surface area contributed by atoms with Crippen molar-refractivity contribution in [1.29, 1.82) is 0 Å². The highest BCUT2D eigenvalue weighted by atomic mass is 15.2. The van der Waals surface area contributed by atoms with Crippen LogP contribution < -0.4 is 5.32 Å². The first-order chi connectivity index (χ1) is 6.34. The van der Waals surface area contributed by atoms with Crippen molar-refractivity contribution >= 4 is 0 Å². The number of likely N-dealkylation sites (N-methyl/N-ethyl adjacent to an activating group) is 1. The lowest BCUT2D eigenvalue weighted by atomic mass is 10.3. The minimum absolute atomic E-state index is 0.868. The average Bonchev–Trinajstić information content (AvgIpc) is 2.92. The molecule has 3 nitrogen and oxygen atoms in total. The molecule has 1 aliphatic carbocycles. The number of piperazine rings is 1. The molecular formula is C10H21N3. The lowest BCUT2D eigenvalue weighted by molar-refractivity contribution is 0.154. The molecule has 1 heterocycles. The molecule has 0 spiro atoms. The highest BCUT2D eigenvalue weighted by molar-refractivity contribution is 4.81. The fourth-order valence-electron chi connectivity index (χ4n) is 1.79. The Morgan fingerprint density at radius 2 is 1.85 bits per heavy atom. The third-order valence-electron chi connectivity index (χ3n) is 3.03. The van der Waals surface area contributed by atoms with Gasteiger partial charge in [0.25, 0.3) is 0 Å². The summed E-state index contributed by atoms with van der Waals surface area (Å²) in [6.45, 7) is 7.41. The summed E-state index contributed by atoms with van der Waals surface area (Å²) in [4.78, 5) is 4.97. The number of nitrogens with zero attached hydrogens (tertiary/aromatic N) is 2. The molecule has 13 heavy (non-hydrogen) atoms. The van der Waals surface area contributed by atoms with Gasteiger partial charge < -0.3 is 10.2 Å². The zero-order chi connectivity index (χ0) is 9.10. The van der Waals surface area contributed by atoms with Gasteiger partial charge in [-0.2, -0.15) is 0 Å². The van der Waals surface area contributed by atoms with Crippen LogP contribution in [0.4, 0.5) is 0 Å². The summed E-state index contributed by atoms with van der Waals surface area (Å²) in [6, 6.07) is 0.868. The minimum Gasteiger partial charge on any atom is -0.313 e. The largest absolute Gasteiger partial charge is 0.313 e. The normalized spacial score (nSPS) is 26.5. The van der Waals surface area contributed by atoms with Crippen molar-refractivity contribution in [3.05, 3.63) is 0 Å². The van der Waals surface area contributed by atoms with Gasteiger partial charge in [-0.25, -0.2) is 0 Å². The number of rotatable bonds is 4. The summed E-state index contributed by atoms with van der Waals surface area (Å²) in [5.74, 6) is 0. The molecule has 0 amide bonds. The third kappa shape index (κ3) is 3.25. The van der Waals surface area contributed by atoms with E-state index in [9.17, 15) is 0 Å². The second-order valence-electron chi connectivity index (χ2n) is 4.37. The molecular weight excluding hydrogens is 162 g/mol. The van der Waals surface area contributed by atoms with Gasteiger partial charge in [-0.1, -0.05) is 0 Å². The Hall–Kier alpha value is -0.120. The predicted molar refractivity (Wildman–Crippen MR) is 55.0 cm³/mol. The topological polar surface area (TPSA) is 18.5 Å². The monoisotopic (exact) mass is 183 g/mol. The molecule has 2 rings (SSSR count). The number of nitrogens with one attached hydrogen (secondary N) is 1. The van der Waals surface area contributed by atoms with Crippen LogP contribution >= 0.6 is 0 Å². The van der Waals surface area contributed by atoms with Crippen LogP contribution in [0.2, 0.25) is 0 Å². The van der Waals surface area contributed by atoms with E-state index in [4.69, 9.17) is 0 Å². The standard InChI is InChI=1S/C10H21N3/c1-12-6-8-13(9-7-12)5-4-11-10-2-3-10/h10-11H,2-9H2,1H3. The molecule has 0 aromatic rings. The maximum atomic E-state index is 3.56. The van der Waals surface area contributed by atoms with Crippen LogP contribution in [0, 0.1) is 0 Å². The SMILES string of the molecule is CN1CCN(CCNC2CC2)CC1. The Bertz CT molecular complexity index is 148. The number of hydrogen-bond donors (Lipinski definition) is 1. The van der Waals surface area contributed by atoms with Crippen molar-refractivity contribution in [3.8, 4) is 0 Å². The molecule has 0 atom stereocenters. The highest BCUT2D eigenvalue weighted by Gasteiger charge is 2.20. The van der Waals surface area contributed by atoms with Gasteiger partial charge in [0, 0.05) is 45.3 Å². The first-order valence-electron chi connectivity index (χ1n) is 5.49. The van der Waals surface area contributed by atoms with Crippen LogP contribution in [0.3, 0.4) is 0 Å². The highest BCUT2D eigenvalue weighted by Crippen LogP contribution is 2.17. The van der Waals surface area contributed by atoms with E-state index in [-0.39, 0.29) is 0 Å². The van der Waals surface area contributed by atoms with Crippen molar-refractivity contribution < 1.29 is 0 Å². The Morgan fingerprint density at radius 1 is 1.15 bits per heavy atom. The van der Waals surface area contributed by atoms with E-state index in [0.717, 1.165) is 6.04 Å². The van der Waals surface area contributed by atoms with Gasteiger partial charge in [-0.3, -0.25) is 4.90 Å². The van der Waals surface area contributed by atoms with E-state index in [0.29, 0.717) is 0 Å². The van der Waals surface area contributed by atoms with Crippen LogP contribution in [0.15, 0.2) is 0 Å². The van der Waals surface area contributed by atoms with Gasteiger partial charge in [0.1, 0.15) is 0 Å². The van der Waals surface area contributed by atoms with E-state index in [2.05, 4.69) is 22.2 Å². The van der Waals surface area contributed by atoms with Gasteiger partial charge in [-0.05, 0) is 19.9 Å². The molecule has 2 aliphatic rings. The van der Waals surface area contributed by atoms with Gasteiger partial charge in [-0.15, -0.1) is 0 Å². The Balaban J connectivity index is 1.53. The third-order valence-corrected chi connectivity index (χ3v) is 3.03. The molecule has 76 valence electrons. The van der Waals surface area contributed by atoms with E-state index >= 15 is 0 Å². The van der Waals surface area contributed by atoms with E-state index in [1.54, 1.807) is 0 Å². The molecule has 0 aromatic carbocycles. The molecule has 1 saturated carbocycles. The van der Waals surface area contributed by atoms with Gasteiger partial charge in [0.15, 0.2) is 0 Å². The average molecular weight is 183 g/mol. The zero-order valence-electron chi connectivity index (χ0n) is 8.63. The second-order valence-corrected chi connectivity index (χ2v) is 4.37. The molecule has 0 radical (unpaired) electrons. The molecule has 0 aromatic heterocycles. The smallest absolute Gasteiger partial charge is 0.0110 e. The molecule has 0 bridgehead atoms. The molecule has 0 unspecified atom stereocenters. The summed E-state index contributed by atoms with van der Waals surface area (Å²) in [7, 11) is 2.21. The van der Waals surface area contributed by atoms with Crippen LogP contribution in [-0.4, -0.2) is 62.2 Å². The van der Waals surface area contributed by atoms with Gasteiger partial charge in [0.05, 0.1) is 0 Å². The lowest BCUT2D eigenvalue weighted by Gasteiger charge is -2.32. The maximum absolute atomic E-state index is 3.56. The van der Waals surface area contributed by atoms with Crippen molar-refractivity contribution in [2.45, 2.75) is 18.9 Å². The predicted octanol–water partition coefficient (Wildman–Crippen LogP) is -0.0142. The van der Waals surface area contributed by atoms with Crippen LogP contribution in [0.25, 0.3) is 0 Å². The summed E-state index contributed by atoms with van der Waals surface area (Å²) in [5.41, 5.74) is 0. The van der Waals surface area contributed by atoms with Gasteiger partial charge >= 0.3 is 0 Å². The van der Waals surface area contributed by atoms with Crippen LogP contribution in [-0.2, 0) is 0 Å². The molecule has 1 saturated heterocycles. The first kappa shape index (κ1) is 9.44. The van der Waals surface area contributed by atoms with Gasteiger partial charge in [0.2, 0.25) is 0 Å².